The Morgan fingerprint density at radius 2 is 1.92 bits per heavy atom. The van der Waals surface area contributed by atoms with Gasteiger partial charge in [-0.3, -0.25) is 5.32 Å². The number of rotatable bonds is 2. The topological polar surface area (TPSA) is 105 Å². The zero-order chi connectivity index (χ0) is 16.9. The second-order valence-corrected chi connectivity index (χ2v) is 5.32. The van der Waals surface area contributed by atoms with Crippen molar-refractivity contribution in [1.29, 1.82) is 5.26 Å². The number of anilines is 2. The van der Waals surface area contributed by atoms with E-state index in [1.54, 1.807) is 23.2 Å². The molecule has 8 nitrogen and oxygen atoms in total. The predicted molar refractivity (Wildman–Crippen MR) is 87.7 cm³/mol. The summed E-state index contributed by atoms with van der Waals surface area (Å²) < 4.78 is 0. The van der Waals surface area contributed by atoms with Crippen LogP contribution in [0.15, 0.2) is 36.7 Å². The highest BCUT2D eigenvalue weighted by Gasteiger charge is 2.22. The number of nitrogens with zero attached hydrogens (tertiary/aromatic N) is 5. The van der Waals surface area contributed by atoms with Gasteiger partial charge in [0.1, 0.15) is 23.5 Å². The van der Waals surface area contributed by atoms with Crippen LogP contribution in [0.5, 0.6) is 5.75 Å². The van der Waals surface area contributed by atoms with Crippen LogP contribution in [0.3, 0.4) is 0 Å². The van der Waals surface area contributed by atoms with Crippen molar-refractivity contribution in [3.8, 4) is 11.8 Å². The highest BCUT2D eigenvalue weighted by atomic mass is 16.3. The van der Waals surface area contributed by atoms with Crippen LogP contribution < -0.4 is 10.2 Å². The number of aromatic nitrogens is 2. The van der Waals surface area contributed by atoms with Crippen molar-refractivity contribution in [1.82, 2.24) is 14.9 Å². The molecule has 3 rings (SSSR count). The predicted octanol–water partition coefficient (Wildman–Crippen LogP) is 1.41. The van der Waals surface area contributed by atoms with E-state index in [1.807, 2.05) is 12.1 Å². The molecule has 1 fully saturated rings. The van der Waals surface area contributed by atoms with E-state index in [9.17, 15) is 9.90 Å². The molecule has 2 aromatic heterocycles. The van der Waals surface area contributed by atoms with Crippen molar-refractivity contribution in [2.24, 2.45) is 0 Å². The van der Waals surface area contributed by atoms with Gasteiger partial charge < -0.3 is 14.9 Å². The zero-order valence-electron chi connectivity index (χ0n) is 12.9. The quantitative estimate of drug-likeness (QED) is 0.865. The average Bonchev–Trinajstić information content (AvgIpc) is 2.64. The van der Waals surface area contributed by atoms with E-state index in [-0.39, 0.29) is 11.8 Å². The van der Waals surface area contributed by atoms with Gasteiger partial charge in [-0.05, 0) is 24.3 Å². The van der Waals surface area contributed by atoms with E-state index in [1.165, 1.54) is 12.3 Å². The Balaban J connectivity index is 1.55. The third kappa shape index (κ3) is 3.52. The summed E-state index contributed by atoms with van der Waals surface area (Å²) in [5.74, 6) is 1.25. The third-order valence-electron chi connectivity index (χ3n) is 3.75. The number of carbonyl (C=O) groups excluding carboxylic acids is 1. The largest absolute Gasteiger partial charge is 0.506 e. The van der Waals surface area contributed by atoms with Gasteiger partial charge in [-0.1, -0.05) is 0 Å². The molecule has 2 aromatic rings. The summed E-state index contributed by atoms with van der Waals surface area (Å²) in [5, 5.41) is 20.7. The number of nitrogens with one attached hydrogen (secondary N) is 1. The molecule has 1 aliphatic heterocycles. The van der Waals surface area contributed by atoms with E-state index in [0.717, 1.165) is 5.82 Å². The SMILES string of the molecule is N#Cc1ccc(N2CCN(C(=O)Nc3ccc(O)cn3)CC2)nc1. The van der Waals surface area contributed by atoms with Crippen molar-refractivity contribution >= 4 is 17.7 Å². The molecule has 1 saturated heterocycles. The fraction of sp³-hybridized carbons (Fsp3) is 0.250. The first-order chi connectivity index (χ1) is 11.7. The average molecular weight is 324 g/mol. The first kappa shape index (κ1) is 15.6. The van der Waals surface area contributed by atoms with Crippen LogP contribution in [0.4, 0.5) is 16.4 Å². The minimum atomic E-state index is -0.222. The van der Waals surface area contributed by atoms with Gasteiger partial charge in [0, 0.05) is 32.4 Å². The minimum Gasteiger partial charge on any atom is -0.506 e. The van der Waals surface area contributed by atoms with Crippen LogP contribution in [0.1, 0.15) is 5.56 Å². The van der Waals surface area contributed by atoms with Gasteiger partial charge in [-0.15, -0.1) is 0 Å². The van der Waals surface area contributed by atoms with Crippen molar-refractivity contribution in [2.75, 3.05) is 36.4 Å². The lowest BCUT2D eigenvalue weighted by molar-refractivity contribution is 0.208. The fourth-order valence-electron chi connectivity index (χ4n) is 2.43. The summed E-state index contributed by atoms with van der Waals surface area (Å²) in [7, 11) is 0. The number of hydrogen-bond donors (Lipinski definition) is 2. The van der Waals surface area contributed by atoms with Crippen molar-refractivity contribution in [3.05, 3.63) is 42.2 Å². The van der Waals surface area contributed by atoms with Crippen LogP contribution in [0.2, 0.25) is 0 Å². The van der Waals surface area contributed by atoms with Crippen LogP contribution in [-0.2, 0) is 0 Å². The van der Waals surface area contributed by atoms with Gasteiger partial charge >= 0.3 is 6.03 Å². The number of urea groups is 1. The summed E-state index contributed by atoms with van der Waals surface area (Å²) in [6.07, 6.45) is 2.83. The molecule has 2 N–H and O–H groups in total. The Bertz CT molecular complexity index is 746. The number of carbonyl (C=O) groups is 1. The number of hydrogen-bond acceptors (Lipinski definition) is 6. The molecular weight excluding hydrogens is 308 g/mol. The Labute approximate surface area is 139 Å². The Hall–Kier alpha value is -3.34. The van der Waals surface area contributed by atoms with E-state index in [0.29, 0.717) is 37.6 Å². The number of piperazine rings is 1. The molecule has 8 heteroatoms. The molecule has 0 spiro atoms. The Morgan fingerprint density at radius 3 is 2.50 bits per heavy atom. The standard InChI is InChI=1S/C16H16N6O2/c17-9-12-1-4-15(19-10-12)21-5-7-22(8-6-21)16(24)20-14-3-2-13(23)11-18-14/h1-4,10-11,23H,5-8H2,(H,18,20,24). The number of amides is 2. The smallest absolute Gasteiger partial charge is 0.323 e. The zero-order valence-corrected chi connectivity index (χ0v) is 12.9. The molecule has 1 aliphatic rings. The van der Waals surface area contributed by atoms with Crippen LogP contribution in [0, 0.1) is 11.3 Å². The van der Waals surface area contributed by atoms with E-state index < -0.39 is 0 Å². The van der Waals surface area contributed by atoms with Crippen molar-refractivity contribution in [2.45, 2.75) is 0 Å². The van der Waals surface area contributed by atoms with E-state index in [4.69, 9.17) is 5.26 Å². The summed E-state index contributed by atoms with van der Waals surface area (Å²) in [6.45, 7) is 2.45. The van der Waals surface area contributed by atoms with E-state index >= 15 is 0 Å². The van der Waals surface area contributed by atoms with E-state index in [2.05, 4.69) is 20.2 Å². The monoisotopic (exact) mass is 324 g/mol. The first-order valence-corrected chi connectivity index (χ1v) is 7.48. The normalized spacial score (nSPS) is 14.1. The summed E-state index contributed by atoms with van der Waals surface area (Å²) >= 11 is 0. The summed E-state index contributed by atoms with van der Waals surface area (Å²) in [6, 6.07) is 8.38. The van der Waals surface area contributed by atoms with Gasteiger partial charge in [0.25, 0.3) is 0 Å². The summed E-state index contributed by atoms with van der Waals surface area (Å²) in [4.78, 5) is 24.2. The minimum absolute atomic E-state index is 0.0523. The molecule has 0 atom stereocenters. The molecule has 0 bridgehead atoms. The van der Waals surface area contributed by atoms with Crippen LogP contribution in [-0.4, -0.2) is 52.2 Å². The first-order valence-electron chi connectivity index (χ1n) is 7.48. The van der Waals surface area contributed by atoms with Gasteiger partial charge in [0.05, 0.1) is 11.8 Å². The maximum Gasteiger partial charge on any atom is 0.323 e. The van der Waals surface area contributed by atoms with Crippen LogP contribution >= 0.6 is 0 Å². The molecule has 24 heavy (non-hydrogen) atoms. The van der Waals surface area contributed by atoms with Crippen molar-refractivity contribution in [3.63, 3.8) is 0 Å². The lowest BCUT2D eigenvalue weighted by atomic mass is 10.2. The van der Waals surface area contributed by atoms with Crippen molar-refractivity contribution < 1.29 is 9.90 Å². The molecular formula is C16H16N6O2. The molecule has 0 aromatic carbocycles. The number of nitriles is 1. The third-order valence-corrected chi connectivity index (χ3v) is 3.75. The summed E-state index contributed by atoms with van der Waals surface area (Å²) in [5.41, 5.74) is 0.526. The number of aromatic hydroxyl groups is 1. The maximum atomic E-state index is 12.2. The molecule has 122 valence electrons. The van der Waals surface area contributed by atoms with Gasteiger partial charge in [-0.2, -0.15) is 5.26 Å². The van der Waals surface area contributed by atoms with Gasteiger partial charge in [-0.25, -0.2) is 14.8 Å². The van der Waals surface area contributed by atoms with Gasteiger partial charge in [0.15, 0.2) is 0 Å². The molecule has 3 heterocycles. The molecule has 0 radical (unpaired) electrons. The lowest BCUT2D eigenvalue weighted by Crippen LogP contribution is -2.50. The number of pyridine rings is 2. The fourth-order valence-corrected chi connectivity index (χ4v) is 2.43. The molecule has 0 aliphatic carbocycles. The van der Waals surface area contributed by atoms with Gasteiger partial charge in [0.2, 0.25) is 0 Å². The molecule has 0 unspecified atom stereocenters. The second kappa shape index (κ2) is 6.83. The maximum absolute atomic E-state index is 12.2. The highest BCUT2D eigenvalue weighted by molar-refractivity contribution is 5.88. The second-order valence-electron chi connectivity index (χ2n) is 5.32. The highest BCUT2D eigenvalue weighted by Crippen LogP contribution is 2.15. The Kier molecular flexibility index (Phi) is 4.43. The lowest BCUT2D eigenvalue weighted by Gasteiger charge is -2.35. The molecule has 2 amide bonds. The molecule has 0 saturated carbocycles. The Morgan fingerprint density at radius 1 is 1.12 bits per heavy atom. The van der Waals surface area contributed by atoms with Crippen LogP contribution in [0.25, 0.3) is 0 Å².